The lowest BCUT2D eigenvalue weighted by Crippen LogP contribution is -2.35. The molecule has 0 saturated carbocycles. The van der Waals surface area contributed by atoms with E-state index in [0.29, 0.717) is 5.69 Å². The molecule has 2 aromatic carbocycles. The molecule has 2 amide bonds. The van der Waals surface area contributed by atoms with E-state index in [4.69, 9.17) is 0 Å². The van der Waals surface area contributed by atoms with Gasteiger partial charge in [0.05, 0.1) is 12.1 Å². The summed E-state index contributed by atoms with van der Waals surface area (Å²) in [5.41, 5.74) is 1.60. The zero-order valence-electron chi connectivity index (χ0n) is 12.3. The van der Waals surface area contributed by atoms with E-state index in [2.05, 4.69) is 5.32 Å². The van der Waals surface area contributed by atoms with Gasteiger partial charge in [0.15, 0.2) is 11.6 Å². The molecule has 118 valence electrons. The Balaban J connectivity index is 1.84. The SMILES string of the molecule is Cc1ccccc1N1C(=O)C[C@@H](Nc2ccc(F)c(F)c2)C1=O. The Bertz CT molecular complexity index is 792. The fourth-order valence-corrected chi connectivity index (χ4v) is 2.60. The molecule has 1 aliphatic rings. The molecule has 6 heteroatoms. The fraction of sp³-hybridized carbons (Fsp3) is 0.176. The molecule has 1 heterocycles. The first kappa shape index (κ1) is 15.1. The molecule has 0 aliphatic carbocycles. The highest BCUT2D eigenvalue weighted by Crippen LogP contribution is 2.27. The number of imide groups is 1. The van der Waals surface area contributed by atoms with Gasteiger partial charge in [-0.2, -0.15) is 0 Å². The van der Waals surface area contributed by atoms with Crippen LogP contribution in [-0.4, -0.2) is 17.9 Å². The van der Waals surface area contributed by atoms with Gasteiger partial charge < -0.3 is 5.32 Å². The van der Waals surface area contributed by atoms with Crippen LogP contribution >= 0.6 is 0 Å². The van der Waals surface area contributed by atoms with Crippen molar-refractivity contribution in [2.45, 2.75) is 19.4 Å². The second-order valence-electron chi connectivity index (χ2n) is 5.38. The molecule has 0 spiro atoms. The molecule has 0 aromatic heterocycles. The highest BCUT2D eigenvalue weighted by atomic mass is 19.2. The Hall–Kier alpha value is -2.76. The van der Waals surface area contributed by atoms with E-state index in [1.54, 1.807) is 12.1 Å². The third-order valence-electron chi connectivity index (χ3n) is 3.76. The number of hydrogen-bond donors (Lipinski definition) is 1. The quantitative estimate of drug-likeness (QED) is 0.886. The van der Waals surface area contributed by atoms with Crippen molar-refractivity contribution in [1.82, 2.24) is 0 Å². The monoisotopic (exact) mass is 316 g/mol. The maximum atomic E-state index is 13.2. The number of rotatable bonds is 3. The number of anilines is 2. The molecule has 23 heavy (non-hydrogen) atoms. The van der Waals surface area contributed by atoms with Crippen molar-refractivity contribution in [1.29, 1.82) is 0 Å². The number of benzene rings is 2. The van der Waals surface area contributed by atoms with Gasteiger partial charge in [-0.25, -0.2) is 13.7 Å². The van der Waals surface area contributed by atoms with Crippen LogP contribution in [-0.2, 0) is 9.59 Å². The summed E-state index contributed by atoms with van der Waals surface area (Å²) in [6.07, 6.45) is -0.0356. The lowest BCUT2D eigenvalue weighted by Gasteiger charge is -2.18. The average molecular weight is 316 g/mol. The van der Waals surface area contributed by atoms with Crippen molar-refractivity contribution < 1.29 is 18.4 Å². The largest absolute Gasteiger partial charge is 0.373 e. The molecule has 1 saturated heterocycles. The normalized spacial score (nSPS) is 17.7. The van der Waals surface area contributed by atoms with E-state index in [0.717, 1.165) is 22.6 Å². The smallest absolute Gasteiger partial charge is 0.256 e. The average Bonchev–Trinajstić information content (AvgIpc) is 2.78. The van der Waals surface area contributed by atoms with Crippen LogP contribution in [0.1, 0.15) is 12.0 Å². The molecule has 1 atom stereocenters. The van der Waals surface area contributed by atoms with Crippen molar-refractivity contribution in [3.05, 3.63) is 59.7 Å². The number of hydrogen-bond acceptors (Lipinski definition) is 3. The molecule has 0 unspecified atom stereocenters. The van der Waals surface area contributed by atoms with Gasteiger partial charge in [-0.3, -0.25) is 9.59 Å². The molecule has 1 aliphatic heterocycles. The number of para-hydroxylation sites is 1. The molecule has 1 N–H and O–H groups in total. The minimum absolute atomic E-state index is 0.0356. The first-order chi connectivity index (χ1) is 11.0. The summed E-state index contributed by atoms with van der Waals surface area (Å²) >= 11 is 0. The van der Waals surface area contributed by atoms with Gasteiger partial charge >= 0.3 is 0 Å². The molecule has 4 nitrogen and oxygen atoms in total. The zero-order chi connectivity index (χ0) is 16.6. The van der Waals surface area contributed by atoms with E-state index in [1.165, 1.54) is 6.07 Å². The van der Waals surface area contributed by atoms with E-state index >= 15 is 0 Å². The van der Waals surface area contributed by atoms with Crippen LogP contribution in [0.15, 0.2) is 42.5 Å². The highest BCUT2D eigenvalue weighted by Gasteiger charge is 2.40. The first-order valence-corrected chi connectivity index (χ1v) is 7.11. The number of amides is 2. The number of carbonyl (C=O) groups is 2. The van der Waals surface area contributed by atoms with Crippen molar-refractivity contribution in [3.8, 4) is 0 Å². The molecule has 3 rings (SSSR count). The fourth-order valence-electron chi connectivity index (χ4n) is 2.60. The third-order valence-corrected chi connectivity index (χ3v) is 3.76. The van der Waals surface area contributed by atoms with Gasteiger partial charge in [-0.05, 0) is 30.7 Å². The summed E-state index contributed by atoms with van der Waals surface area (Å²) in [7, 11) is 0. The zero-order valence-corrected chi connectivity index (χ0v) is 12.3. The van der Waals surface area contributed by atoms with Crippen LogP contribution in [0.25, 0.3) is 0 Å². The van der Waals surface area contributed by atoms with Gasteiger partial charge in [0.2, 0.25) is 5.91 Å². The van der Waals surface area contributed by atoms with Crippen molar-refractivity contribution in [2.24, 2.45) is 0 Å². The summed E-state index contributed by atoms with van der Waals surface area (Å²) in [4.78, 5) is 25.8. The number of nitrogens with one attached hydrogen (secondary N) is 1. The minimum atomic E-state index is -1.01. The standard InChI is InChI=1S/C17H14F2N2O2/c1-10-4-2-3-5-15(10)21-16(22)9-14(17(21)23)20-11-6-7-12(18)13(19)8-11/h2-8,14,20H,9H2,1H3/t14-/m1/s1. The van der Waals surface area contributed by atoms with Crippen molar-refractivity contribution >= 4 is 23.2 Å². The number of halogens is 2. The molecular formula is C17H14F2N2O2. The van der Waals surface area contributed by atoms with Gasteiger partial charge in [-0.15, -0.1) is 0 Å². The lowest BCUT2D eigenvalue weighted by molar-refractivity contribution is -0.121. The number of carbonyl (C=O) groups excluding carboxylic acids is 2. The Morgan fingerprint density at radius 2 is 1.83 bits per heavy atom. The molecule has 2 aromatic rings. The van der Waals surface area contributed by atoms with Gasteiger partial charge in [0.25, 0.3) is 5.91 Å². The molecule has 0 bridgehead atoms. The van der Waals surface area contributed by atoms with Crippen LogP contribution in [0.3, 0.4) is 0 Å². The van der Waals surface area contributed by atoms with Gasteiger partial charge in [0.1, 0.15) is 6.04 Å². The summed E-state index contributed by atoms with van der Waals surface area (Å²) in [6.45, 7) is 1.81. The molecule has 1 fully saturated rings. The summed E-state index contributed by atoms with van der Waals surface area (Å²) < 4.78 is 26.2. The van der Waals surface area contributed by atoms with Crippen LogP contribution in [0.5, 0.6) is 0 Å². The van der Waals surface area contributed by atoms with E-state index < -0.39 is 23.6 Å². The van der Waals surface area contributed by atoms with Gasteiger partial charge in [-0.1, -0.05) is 18.2 Å². The maximum Gasteiger partial charge on any atom is 0.256 e. The molecular weight excluding hydrogens is 302 g/mol. The second kappa shape index (κ2) is 5.79. The Morgan fingerprint density at radius 1 is 1.09 bits per heavy atom. The van der Waals surface area contributed by atoms with E-state index in [-0.39, 0.29) is 18.0 Å². The second-order valence-corrected chi connectivity index (χ2v) is 5.38. The topological polar surface area (TPSA) is 49.4 Å². The minimum Gasteiger partial charge on any atom is -0.373 e. The van der Waals surface area contributed by atoms with E-state index in [1.807, 2.05) is 19.1 Å². The third kappa shape index (κ3) is 2.79. The highest BCUT2D eigenvalue weighted by molar-refractivity contribution is 6.23. The maximum absolute atomic E-state index is 13.2. The summed E-state index contributed by atoms with van der Waals surface area (Å²) in [6, 6.07) is 9.54. The van der Waals surface area contributed by atoms with Crippen LogP contribution in [0.2, 0.25) is 0 Å². The Kier molecular flexibility index (Phi) is 3.82. The van der Waals surface area contributed by atoms with Crippen LogP contribution < -0.4 is 10.2 Å². The lowest BCUT2D eigenvalue weighted by atomic mass is 10.2. The number of aryl methyl sites for hydroxylation is 1. The van der Waals surface area contributed by atoms with Gasteiger partial charge in [0, 0.05) is 11.8 Å². The van der Waals surface area contributed by atoms with Crippen LogP contribution in [0, 0.1) is 18.6 Å². The van der Waals surface area contributed by atoms with E-state index in [9.17, 15) is 18.4 Å². The summed E-state index contributed by atoms with van der Waals surface area (Å²) in [5.74, 6) is -2.72. The van der Waals surface area contributed by atoms with Crippen molar-refractivity contribution in [2.75, 3.05) is 10.2 Å². The molecule has 0 radical (unpaired) electrons. The van der Waals surface area contributed by atoms with Crippen molar-refractivity contribution in [3.63, 3.8) is 0 Å². The predicted molar refractivity (Wildman–Crippen MR) is 82.1 cm³/mol. The summed E-state index contributed by atoms with van der Waals surface area (Å²) in [5, 5.41) is 2.79. The predicted octanol–water partition coefficient (Wildman–Crippen LogP) is 3.02. The van der Waals surface area contributed by atoms with Crippen LogP contribution in [0.4, 0.5) is 20.2 Å². The Labute approximate surface area is 131 Å². The first-order valence-electron chi connectivity index (χ1n) is 7.11. The Morgan fingerprint density at radius 3 is 2.52 bits per heavy atom. The number of nitrogens with zero attached hydrogens (tertiary/aromatic N) is 1.